The highest BCUT2D eigenvalue weighted by Crippen LogP contribution is 2.40. The van der Waals surface area contributed by atoms with E-state index in [0.717, 1.165) is 61.8 Å². The summed E-state index contributed by atoms with van der Waals surface area (Å²) < 4.78 is 40.7. The van der Waals surface area contributed by atoms with Crippen LogP contribution in [0.1, 0.15) is 19.8 Å². The lowest BCUT2D eigenvalue weighted by Crippen LogP contribution is -2.52. The molecule has 11 nitrogen and oxygen atoms in total. The molecular formula is C30H35Cl2N7O4S. The van der Waals surface area contributed by atoms with Crippen LogP contribution in [0, 0.1) is 0 Å². The van der Waals surface area contributed by atoms with Crippen LogP contribution in [0.5, 0.6) is 5.75 Å². The average molecular weight is 661 g/mol. The van der Waals surface area contributed by atoms with Crippen LogP contribution < -0.4 is 15.0 Å². The number of hydrogen-bond donors (Lipinski definition) is 2. The second kappa shape index (κ2) is 12.7. The van der Waals surface area contributed by atoms with Gasteiger partial charge < -0.3 is 19.9 Å². The first-order valence-electron chi connectivity index (χ1n) is 14.6. The molecular weight excluding hydrogens is 625 g/mol. The fourth-order valence-electron chi connectivity index (χ4n) is 6.08. The standard InChI is InChI=1S/C30H35Cl2N7O4S/c1-3-43-28-17-27(38-10-8-20(9-11-38)37-14-12-36(2)13-15-37)23(31)16-25(28)34-30-33-18-24(32)29(35-30)22-19-39(44(40,41)42)26-7-5-4-6-21(22)26/h4-7,16-20H,3,8-15H2,1-2H3,(H,33,34,35)(H,40,41,42). The largest absolute Gasteiger partial charge is 0.492 e. The fraction of sp³-hybridized carbons (Fsp3) is 0.400. The van der Waals surface area contributed by atoms with Crippen molar-refractivity contribution >= 4 is 61.7 Å². The van der Waals surface area contributed by atoms with Gasteiger partial charge in [-0.25, -0.2) is 13.9 Å². The van der Waals surface area contributed by atoms with E-state index >= 15 is 0 Å². The van der Waals surface area contributed by atoms with E-state index in [1.165, 1.54) is 12.4 Å². The maximum absolute atomic E-state index is 12.1. The highest BCUT2D eigenvalue weighted by Gasteiger charge is 2.28. The van der Waals surface area contributed by atoms with Crippen molar-refractivity contribution in [2.75, 3.05) is 63.1 Å². The molecule has 4 aromatic rings. The molecule has 0 atom stereocenters. The Morgan fingerprint density at radius 1 is 1.05 bits per heavy atom. The van der Waals surface area contributed by atoms with Crippen molar-refractivity contribution in [1.82, 2.24) is 23.7 Å². The normalized spacial score (nSPS) is 17.3. The molecule has 2 aliphatic heterocycles. The van der Waals surface area contributed by atoms with Gasteiger partial charge in [-0.3, -0.25) is 9.45 Å². The van der Waals surface area contributed by atoms with Crippen molar-refractivity contribution in [3.8, 4) is 17.0 Å². The Morgan fingerprint density at radius 2 is 1.77 bits per heavy atom. The Morgan fingerprint density at radius 3 is 2.48 bits per heavy atom. The van der Waals surface area contributed by atoms with Crippen LogP contribution in [-0.4, -0.2) is 95.7 Å². The van der Waals surface area contributed by atoms with E-state index in [1.807, 2.05) is 19.1 Å². The second-order valence-corrected chi connectivity index (χ2v) is 13.2. The number of benzene rings is 2. The monoisotopic (exact) mass is 659 g/mol. The number of rotatable bonds is 8. The van der Waals surface area contributed by atoms with Crippen LogP contribution in [0.25, 0.3) is 22.2 Å². The number of nitrogens with zero attached hydrogens (tertiary/aromatic N) is 6. The molecule has 0 spiro atoms. The summed E-state index contributed by atoms with van der Waals surface area (Å²) in [5.41, 5.74) is 2.52. The highest BCUT2D eigenvalue weighted by molar-refractivity contribution is 7.84. The molecule has 2 saturated heterocycles. The van der Waals surface area contributed by atoms with Crippen LogP contribution in [0.2, 0.25) is 10.0 Å². The average Bonchev–Trinajstić information content (AvgIpc) is 3.40. The van der Waals surface area contributed by atoms with Gasteiger partial charge in [-0.05, 0) is 38.9 Å². The zero-order valence-electron chi connectivity index (χ0n) is 24.6. The van der Waals surface area contributed by atoms with Gasteiger partial charge in [0.15, 0.2) is 0 Å². The SMILES string of the molecule is CCOc1cc(N2CCC(N3CCN(C)CC3)CC2)c(Cl)cc1Nc1ncc(Cl)c(-c2cn(S(=O)(=O)O)c3ccccc23)n1. The Kier molecular flexibility index (Phi) is 8.91. The predicted octanol–water partition coefficient (Wildman–Crippen LogP) is 5.41. The van der Waals surface area contributed by atoms with E-state index in [-0.39, 0.29) is 11.0 Å². The number of para-hydroxylation sites is 1. The van der Waals surface area contributed by atoms with Crippen molar-refractivity contribution < 1.29 is 17.7 Å². The van der Waals surface area contributed by atoms with E-state index in [2.05, 4.69) is 37.0 Å². The number of nitrogens with one attached hydrogen (secondary N) is 1. The minimum Gasteiger partial charge on any atom is -0.492 e. The molecule has 4 heterocycles. The summed E-state index contributed by atoms with van der Waals surface area (Å²) in [5, 5.41) is 4.56. The summed E-state index contributed by atoms with van der Waals surface area (Å²) >= 11 is 13.4. The Labute approximate surface area is 267 Å². The van der Waals surface area contributed by atoms with Crippen molar-refractivity contribution in [2.24, 2.45) is 0 Å². The summed E-state index contributed by atoms with van der Waals surface area (Å²) in [5.74, 6) is 0.821. The smallest absolute Gasteiger partial charge is 0.363 e. The van der Waals surface area contributed by atoms with Crippen LogP contribution in [-0.2, 0) is 10.3 Å². The Balaban J connectivity index is 1.26. The third-order valence-electron chi connectivity index (χ3n) is 8.38. The number of halogens is 2. The molecule has 2 aromatic heterocycles. The van der Waals surface area contributed by atoms with Gasteiger partial charge in [-0.2, -0.15) is 8.42 Å². The molecule has 2 N–H and O–H groups in total. The first-order chi connectivity index (χ1) is 21.1. The summed E-state index contributed by atoms with van der Waals surface area (Å²) in [7, 11) is -2.37. The topological polar surface area (TPSA) is 116 Å². The van der Waals surface area contributed by atoms with Gasteiger partial charge in [-0.1, -0.05) is 41.4 Å². The molecule has 0 unspecified atom stereocenters. The van der Waals surface area contributed by atoms with Gasteiger partial charge in [-0.15, -0.1) is 0 Å². The molecule has 6 rings (SSSR count). The third kappa shape index (κ3) is 6.33. The Hall–Kier alpha value is -3.13. The molecule has 0 radical (unpaired) electrons. The van der Waals surface area contributed by atoms with Crippen LogP contribution in [0.4, 0.5) is 17.3 Å². The van der Waals surface area contributed by atoms with Gasteiger partial charge in [0.1, 0.15) is 5.75 Å². The van der Waals surface area contributed by atoms with Gasteiger partial charge in [0, 0.05) is 68.5 Å². The second-order valence-electron chi connectivity index (χ2n) is 11.1. The lowest BCUT2D eigenvalue weighted by atomic mass is 10.0. The first-order valence-corrected chi connectivity index (χ1v) is 16.8. The summed E-state index contributed by atoms with van der Waals surface area (Å²) in [4.78, 5) is 16.3. The van der Waals surface area contributed by atoms with Gasteiger partial charge in [0.05, 0.1) is 45.4 Å². The number of piperidine rings is 1. The number of piperazine rings is 1. The molecule has 0 saturated carbocycles. The molecule has 14 heteroatoms. The van der Waals surface area contributed by atoms with Crippen LogP contribution >= 0.6 is 23.2 Å². The zero-order valence-corrected chi connectivity index (χ0v) is 26.9. The summed E-state index contributed by atoms with van der Waals surface area (Å²) in [6.07, 6.45) is 4.90. The fourth-order valence-corrected chi connectivity index (χ4v) is 7.21. The molecule has 0 aliphatic carbocycles. The number of likely N-dealkylation sites (N-methyl/N-ethyl adjacent to an activating group) is 1. The number of aromatic nitrogens is 3. The zero-order chi connectivity index (χ0) is 31.0. The number of hydrogen-bond acceptors (Lipinski definition) is 9. The maximum atomic E-state index is 12.1. The van der Waals surface area contributed by atoms with E-state index in [0.29, 0.717) is 51.3 Å². The number of fused-ring (bicyclic) bond motifs is 1. The van der Waals surface area contributed by atoms with Crippen LogP contribution in [0.3, 0.4) is 0 Å². The minimum atomic E-state index is -4.55. The highest BCUT2D eigenvalue weighted by atomic mass is 35.5. The quantitative estimate of drug-likeness (QED) is 0.238. The van der Waals surface area contributed by atoms with E-state index in [1.54, 1.807) is 24.3 Å². The lowest BCUT2D eigenvalue weighted by Gasteiger charge is -2.42. The summed E-state index contributed by atoms with van der Waals surface area (Å²) in [6.45, 7) is 8.66. The lowest BCUT2D eigenvalue weighted by molar-refractivity contribution is 0.0982. The summed E-state index contributed by atoms with van der Waals surface area (Å²) in [6, 6.07) is 11.1. The van der Waals surface area contributed by atoms with Gasteiger partial charge in [0.2, 0.25) is 5.95 Å². The number of anilines is 3. The minimum absolute atomic E-state index is 0.214. The van der Waals surface area contributed by atoms with Crippen molar-refractivity contribution in [1.29, 1.82) is 0 Å². The molecule has 234 valence electrons. The molecule has 44 heavy (non-hydrogen) atoms. The molecule has 2 aliphatic rings. The molecule has 0 bridgehead atoms. The molecule has 2 fully saturated rings. The number of ether oxygens (including phenoxy) is 1. The van der Waals surface area contributed by atoms with Crippen molar-refractivity contribution in [2.45, 2.75) is 25.8 Å². The van der Waals surface area contributed by atoms with E-state index in [9.17, 15) is 13.0 Å². The van der Waals surface area contributed by atoms with Gasteiger partial charge >= 0.3 is 10.3 Å². The molecule has 2 aromatic carbocycles. The first kappa shape index (κ1) is 30.9. The molecule has 0 amide bonds. The predicted molar refractivity (Wildman–Crippen MR) is 175 cm³/mol. The van der Waals surface area contributed by atoms with Crippen molar-refractivity contribution in [3.05, 3.63) is 58.8 Å². The van der Waals surface area contributed by atoms with E-state index < -0.39 is 10.3 Å². The van der Waals surface area contributed by atoms with E-state index in [4.69, 9.17) is 27.9 Å². The van der Waals surface area contributed by atoms with Crippen LogP contribution in [0.15, 0.2) is 48.8 Å². The van der Waals surface area contributed by atoms with Crippen molar-refractivity contribution in [3.63, 3.8) is 0 Å². The third-order valence-corrected chi connectivity index (χ3v) is 9.76. The van der Waals surface area contributed by atoms with Gasteiger partial charge in [0.25, 0.3) is 0 Å². The Bertz CT molecular complexity index is 1770. The maximum Gasteiger partial charge on any atom is 0.363 e.